The highest BCUT2D eigenvalue weighted by Crippen LogP contribution is 2.37. The molecule has 0 unspecified atom stereocenters. The number of nitrogens with one attached hydrogen (secondary N) is 1. The van der Waals surface area contributed by atoms with E-state index in [1.807, 2.05) is 0 Å². The number of hydrogen-bond acceptors (Lipinski definition) is 4. The fraction of sp³-hybridized carbons (Fsp3) is 0.100. The fourth-order valence-corrected chi connectivity index (χ4v) is 1.47. The largest absolute Gasteiger partial charge is 0.505 e. The van der Waals surface area contributed by atoms with E-state index in [9.17, 15) is 9.50 Å². The molecule has 0 spiro atoms. The van der Waals surface area contributed by atoms with E-state index in [-0.39, 0.29) is 5.75 Å². The number of benzene rings is 1. The maximum absolute atomic E-state index is 13.5. The second kappa shape index (κ2) is 3.73. The fourth-order valence-electron chi connectivity index (χ4n) is 1.47. The normalized spacial score (nSPS) is 10.4. The minimum Gasteiger partial charge on any atom is -0.505 e. The van der Waals surface area contributed by atoms with Crippen molar-refractivity contribution in [1.29, 1.82) is 0 Å². The van der Waals surface area contributed by atoms with E-state index in [1.54, 1.807) is 0 Å². The predicted octanol–water partition coefficient (Wildman–Crippen LogP) is 1.51. The van der Waals surface area contributed by atoms with Crippen molar-refractivity contribution in [2.75, 3.05) is 12.8 Å². The number of anilines is 1. The van der Waals surface area contributed by atoms with E-state index in [0.717, 1.165) is 0 Å². The van der Waals surface area contributed by atoms with Crippen molar-refractivity contribution < 1.29 is 14.2 Å². The van der Waals surface area contributed by atoms with Crippen molar-refractivity contribution in [2.24, 2.45) is 0 Å². The molecule has 16 heavy (non-hydrogen) atoms. The first-order valence-electron chi connectivity index (χ1n) is 4.49. The molecule has 6 heteroatoms. The Morgan fingerprint density at radius 1 is 1.44 bits per heavy atom. The van der Waals surface area contributed by atoms with Gasteiger partial charge in [0.15, 0.2) is 11.5 Å². The molecule has 0 saturated heterocycles. The van der Waals surface area contributed by atoms with Crippen LogP contribution in [0.1, 0.15) is 0 Å². The molecule has 4 N–H and O–H groups in total. The highest BCUT2D eigenvalue weighted by atomic mass is 19.1. The van der Waals surface area contributed by atoms with Crippen LogP contribution in [-0.2, 0) is 0 Å². The lowest BCUT2D eigenvalue weighted by Crippen LogP contribution is -1.94. The van der Waals surface area contributed by atoms with Crippen LogP contribution in [0.2, 0.25) is 0 Å². The van der Waals surface area contributed by atoms with Gasteiger partial charge in [0, 0.05) is 11.1 Å². The van der Waals surface area contributed by atoms with Gasteiger partial charge >= 0.3 is 0 Å². The summed E-state index contributed by atoms with van der Waals surface area (Å²) in [6, 6.07) is 2.75. The molecule has 0 radical (unpaired) electrons. The molecule has 1 aromatic carbocycles. The molecule has 0 saturated carbocycles. The van der Waals surface area contributed by atoms with Crippen molar-refractivity contribution >= 4 is 5.82 Å². The van der Waals surface area contributed by atoms with Crippen LogP contribution in [0.4, 0.5) is 10.2 Å². The van der Waals surface area contributed by atoms with E-state index < -0.39 is 11.6 Å². The van der Waals surface area contributed by atoms with Gasteiger partial charge in [-0.2, -0.15) is 9.49 Å². The first-order valence-corrected chi connectivity index (χ1v) is 4.49. The third kappa shape index (κ3) is 1.44. The van der Waals surface area contributed by atoms with Crippen LogP contribution in [0.5, 0.6) is 11.5 Å². The third-order valence-electron chi connectivity index (χ3n) is 2.24. The lowest BCUT2D eigenvalue weighted by atomic mass is 10.1. The standard InChI is InChI=1S/C10H10FN3O2/c1-16-9-5(2-3-7(15)8(9)11)6-4-13-14-10(6)12/h2-4,15H,1H3,(H3,12,13,14). The van der Waals surface area contributed by atoms with Crippen molar-refractivity contribution in [1.82, 2.24) is 10.2 Å². The summed E-state index contributed by atoms with van der Waals surface area (Å²) in [4.78, 5) is 0. The molecule has 0 bridgehead atoms. The summed E-state index contributed by atoms with van der Waals surface area (Å²) in [6.45, 7) is 0. The summed E-state index contributed by atoms with van der Waals surface area (Å²) >= 11 is 0. The number of nitrogens with zero attached hydrogens (tertiary/aromatic N) is 1. The summed E-state index contributed by atoms with van der Waals surface area (Å²) in [6.07, 6.45) is 1.46. The minimum atomic E-state index is -0.819. The Morgan fingerprint density at radius 3 is 2.75 bits per heavy atom. The molecule has 2 aromatic rings. The quantitative estimate of drug-likeness (QED) is 0.720. The molecule has 0 aliphatic carbocycles. The molecule has 84 valence electrons. The van der Waals surface area contributed by atoms with E-state index in [4.69, 9.17) is 10.5 Å². The van der Waals surface area contributed by atoms with E-state index in [1.165, 1.54) is 25.4 Å². The number of phenolic OH excluding ortho intramolecular Hbond substituents is 1. The number of hydrogen-bond donors (Lipinski definition) is 3. The molecule has 5 nitrogen and oxygen atoms in total. The van der Waals surface area contributed by atoms with Crippen LogP contribution in [0.25, 0.3) is 11.1 Å². The molecule has 0 fully saturated rings. The molecule has 0 atom stereocenters. The highest BCUT2D eigenvalue weighted by Gasteiger charge is 2.17. The number of nitrogen functional groups attached to an aromatic ring is 1. The third-order valence-corrected chi connectivity index (χ3v) is 2.24. The van der Waals surface area contributed by atoms with Gasteiger partial charge in [0.1, 0.15) is 5.82 Å². The smallest absolute Gasteiger partial charge is 0.207 e. The van der Waals surface area contributed by atoms with Crippen LogP contribution < -0.4 is 10.5 Å². The highest BCUT2D eigenvalue weighted by molar-refractivity contribution is 5.78. The van der Waals surface area contributed by atoms with Crippen molar-refractivity contribution in [3.63, 3.8) is 0 Å². The average molecular weight is 223 g/mol. The molecule has 2 rings (SSSR count). The summed E-state index contributed by atoms with van der Waals surface area (Å²) in [5, 5.41) is 15.5. The van der Waals surface area contributed by atoms with Gasteiger partial charge in [-0.05, 0) is 12.1 Å². The molecular weight excluding hydrogens is 213 g/mol. The summed E-state index contributed by atoms with van der Waals surface area (Å²) in [7, 11) is 1.32. The zero-order valence-electron chi connectivity index (χ0n) is 8.49. The minimum absolute atomic E-state index is 0.0619. The number of nitrogens with two attached hydrogens (primary N) is 1. The maximum Gasteiger partial charge on any atom is 0.207 e. The molecule has 0 amide bonds. The number of aromatic amines is 1. The Bertz CT molecular complexity index is 525. The van der Waals surface area contributed by atoms with Crippen LogP contribution in [-0.4, -0.2) is 22.4 Å². The van der Waals surface area contributed by atoms with E-state index in [2.05, 4.69) is 10.2 Å². The molecule has 1 heterocycles. The Morgan fingerprint density at radius 2 is 2.19 bits per heavy atom. The SMILES string of the molecule is COc1c(-c2cn[nH]c2N)ccc(O)c1F. The van der Waals surface area contributed by atoms with E-state index >= 15 is 0 Å². The Labute approximate surface area is 90.7 Å². The number of aromatic hydroxyl groups is 1. The Hall–Kier alpha value is -2.24. The summed E-state index contributed by atoms with van der Waals surface area (Å²) in [5.41, 5.74) is 6.58. The molecular formula is C10H10FN3O2. The average Bonchev–Trinajstić information content (AvgIpc) is 2.68. The van der Waals surface area contributed by atoms with Gasteiger partial charge in [-0.3, -0.25) is 5.10 Å². The van der Waals surface area contributed by atoms with Gasteiger partial charge in [-0.1, -0.05) is 0 Å². The number of methoxy groups -OCH3 is 1. The van der Waals surface area contributed by atoms with Gasteiger partial charge in [0.25, 0.3) is 0 Å². The Balaban J connectivity index is 2.66. The lowest BCUT2D eigenvalue weighted by molar-refractivity contribution is 0.366. The van der Waals surface area contributed by atoms with Gasteiger partial charge in [-0.15, -0.1) is 0 Å². The second-order valence-corrected chi connectivity index (χ2v) is 3.18. The molecule has 1 aromatic heterocycles. The summed E-state index contributed by atoms with van der Waals surface area (Å²) in [5.74, 6) is -1.04. The number of aromatic nitrogens is 2. The van der Waals surface area contributed by atoms with Gasteiger partial charge in [-0.25, -0.2) is 0 Å². The van der Waals surface area contributed by atoms with Crippen molar-refractivity contribution in [2.45, 2.75) is 0 Å². The lowest BCUT2D eigenvalue weighted by Gasteiger charge is -2.09. The number of rotatable bonds is 2. The summed E-state index contributed by atoms with van der Waals surface area (Å²) < 4.78 is 18.4. The van der Waals surface area contributed by atoms with Crippen LogP contribution in [0.3, 0.4) is 0 Å². The number of phenols is 1. The van der Waals surface area contributed by atoms with Crippen molar-refractivity contribution in [3.05, 3.63) is 24.1 Å². The Kier molecular flexibility index (Phi) is 2.40. The van der Waals surface area contributed by atoms with Gasteiger partial charge in [0.05, 0.1) is 13.3 Å². The predicted molar refractivity (Wildman–Crippen MR) is 56.6 cm³/mol. The van der Waals surface area contributed by atoms with Crippen LogP contribution in [0.15, 0.2) is 18.3 Å². The van der Waals surface area contributed by atoms with Gasteiger partial charge in [0.2, 0.25) is 5.82 Å². The zero-order valence-corrected chi connectivity index (χ0v) is 8.49. The number of ether oxygens (including phenoxy) is 1. The van der Waals surface area contributed by atoms with E-state index in [0.29, 0.717) is 16.9 Å². The first kappa shape index (κ1) is 10.3. The van der Waals surface area contributed by atoms with Crippen LogP contribution >= 0.6 is 0 Å². The van der Waals surface area contributed by atoms with Crippen LogP contribution in [0, 0.1) is 5.82 Å². The topological polar surface area (TPSA) is 84.2 Å². The maximum atomic E-state index is 13.5. The number of halogens is 1. The second-order valence-electron chi connectivity index (χ2n) is 3.18. The number of H-pyrrole nitrogens is 1. The van der Waals surface area contributed by atoms with Gasteiger partial charge < -0.3 is 15.6 Å². The van der Waals surface area contributed by atoms with Crippen molar-refractivity contribution in [3.8, 4) is 22.6 Å². The zero-order chi connectivity index (χ0) is 11.7. The first-order chi connectivity index (χ1) is 7.65. The molecule has 0 aliphatic heterocycles. The molecule has 0 aliphatic rings. The monoisotopic (exact) mass is 223 g/mol.